The van der Waals surface area contributed by atoms with Gasteiger partial charge in [0.25, 0.3) is 0 Å². The van der Waals surface area contributed by atoms with E-state index >= 15 is 0 Å². The third-order valence-electron chi connectivity index (χ3n) is 2.62. The van der Waals surface area contributed by atoms with E-state index in [0.717, 1.165) is 26.5 Å². The molecule has 0 amide bonds. The molecule has 1 aromatic carbocycles. The molecule has 0 saturated carbocycles. The van der Waals surface area contributed by atoms with E-state index in [1.54, 1.807) is 11.3 Å². The van der Waals surface area contributed by atoms with Gasteiger partial charge in [-0.3, -0.25) is 0 Å². The third kappa shape index (κ3) is 3.32. The first-order valence-corrected chi connectivity index (χ1v) is 7.88. The highest BCUT2D eigenvalue weighted by Crippen LogP contribution is 2.29. The molecule has 0 aliphatic carbocycles. The highest BCUT2D eigenvalue weighted by molar-refractivity contribution is 9.10. The maximum absolute atomic E-state index is 5.77. The summed E-state index contributed by atoms with van der Waals surface area (Å²) < 4.78 is 0.880. The van der Waals surface area contributed by atoms with Crippen LogP contribution in [0.25, 0.3) is 0 Å². The zero-order valence-corrected chi connectivity index (χ0v) is 13.8. The van der Waals surface area contributed by atoms with Crippen LogP contribution in [0.5, 0.6) is 0 Å². The maximum Gasteiger partial charge on any atom is 0.187 e. The lowest BCUT2D eigenvalue weighted by molar-refractivity contribution is 0.834. The van der Waals surface area contributed by atoms with Gasteiger partial charge in [0.05, 0.1) is 11.4 Å². The van der Waals surface area contributed by atoms with Crippen molar-refractivity contribution < 1.29 is 0 Å². The van der Waals surface area contributed by atoms with Gasteiger partial charge in [-0.2, -0.15) is 0 Å². The minimum absolute atomic E-state index is 0.357. The molecule has 6 heteroatoms. The summed E-state index contributed by atoms with van der Waals surface area (Å²) in [6, 6.07) is 5.79. The van der Waals surface area contributed by atoms with Crippen molar-refractivity contribution in [2.75, 3.05) is 5.32 Å². The van der Waals surface area contributed by atoms with Crippen LogP contribution >= 0.6 is 39.5 Å². The lowest BCUT2D eigenvalue weighted by Crippen LogP contribution is -2.12. The summed E-state index contributed by atoms with van der Waals surface area (Å²) in [5.41, 5.74) is 8.52. The number of nitrogens with zero attached hydrogens (tertiary/aromatic N) is 1. The fourth-order valence-corrected chi connectivity index (χ4v) is 3.42. The van der Waals surface area contributed by atoms with Crippen LogP contribution in [0, 0.1) is 0 Å². The monoisotopic (exact) mass is 355 g/mol. The molecule has 100 valence electrons. The smallest absolute Gasteiger partial charge is 0.187 e. The van der Waals surface area contributed by atoms with E-state index in [4.69, 9.17) is 18.0 Å². The fourth-order valence-electron chi connectivity index (χ4n) is 1.60. The Morgan fingerprint density at radius 2 is 2.21 bits per heavy atom. The molecular weight excluding hydrogens is 342 g/mol. The quantitative estimate of drug-likeness (QED) is 0.797. The van der Waals surface area contributed by atoms with Gasteiger partial charge in [-0.25, -0.2) is 4.98 Å². The van der Waals surface area contributed by atoms with E-state index in [0.29, 0.717) is 10.9 Å². The highest BCUT2D eigenvalue weighted by Gasteiger charge is 2.11. The van der Waals surface area contributed by atoms with Crippen LogP contribution < -0.4 is 11.1 Å². The van der Waals surface area contributed by atoms with Crippen LogP contribution in [0.15, 0.2) is 28.1 Å². The van der Waals surface area contributed by atoms with E-state index in [2.05, 4.69) is 45.5 Å². The second-order valence-corrected chi connectivity index (χ2v) is 6.54. The Hall–Kier alpha value is -0.980. The van der Waals surface area contributed by atoms with E-state index in [9.17, 15) is 0 Å². The van der Waals surface area contributed by atoms with Gasteiger partial charge in [0, 0.05) is 15.4 Å². The summed E-state index contributed by atoms with van der Waals surface area (Å²) in [6.07, 6.45) is 0. The second-order valence-electron chi connectivity index (χ2n) is 4.38. The molecule has 3 nitrogen and oxygen atoms in total. The Balaban J connectivity index is 2.32. The first kappa shape index (κ1) is 14.4. The molecule has 0 spiro atoms. The number of nitrogens with one attached hydrogen (secondary N) is 1. The average Bonchev–Trinajstić information content (AvgIpc) is 2.77. The predicted octanol–water partition coefficient (Wildman–Crippen LogP) is 4.41. The molecule has 0 unspecified atom stereocenters. The minimum Gasteiger partial charge on any atom is -0.389 e. The van der Waals surface area contributed by atoms with Crippen LogP contribution in [0.2, 0.25) is 0 Å². The van der Waals surface area contributed by atoms with Gasteiger partial charge in [0.15, 0.2) is 5.13 Å². The highest BCUT2D eigenvalue weighted by atomic mass is 79.9. The molecular formula is C13H14BrN3S2. The van der Waals surface area contributed by atoms with Crippen LogP contribution in [0.4, 0.5) is 10.8 Å². The van der Waals surface area contributed by atoms with Gasteiger partial charge in [0.1, 0.15) is 4.99 Å². The van der Waals surface area contributed by atoms with Crippen molar-refractivity contribution in [2.24, 2.45) is 5.73 Å². The standard InChI is InChI=1S/C13H14BrN3S2/c1-7(2)10-6-19-13(17-10)16-9-5-3-4-8(14)11(9)12(15)18/h3-7H,1-2H3,(H2,15,18)(H,16,17). The molecule has 19 heavy (non-hydrogen) atoms. The lowest BCUT2D eigenvalue weighted by Gasteiger charge is -2.10. The zero-order chi connectivity index (χ0) is 14.0. The lowest BCUT2D eigenvalue weighted by atomic mass is 10.2. The van der Waals surface area contributed by atoms with Gasteiger partial charge < -0.3 is 11.1 Å². The fraction of sp³-hybridized carbons (Fsp3) is 0.231. The summed E-state index contributed by atoms with van der Waals surface area (Å²) in [6.45, 7) is 4.25. The Kier molecular flexibility index (Phi) is 4.54. The summed E-state index contributed by atoms with van der Waals surface area (Å²) in [4.78, 5) is 4.90. The number of nitrogens with two attached hydrogens (primary N) is 1. The molecule has 2 rings (SSSR count). The van der Waals surface area contributed by atoms with Crippen molar-refractivity contribution in [2.45, 2.75) is 19.8 Å². The molecule has 1 aromatic heterocycles. The van der Waals surface area contributed by atoms with Crippen molar-refractivity contribution in [3.63, 3.8) is 0 Å². The predicted molar refractivity (Wildman–Crippen MR) is 89.5 cm³/mol. The van der Waals surface area contributed by atoms with Gasteiger partial charge in [0.2, 0.25) is 0 Å². The number of halogens is 1. The van der Waals surface area contributed by atoms with Crippen LogP contribution in [-0.4, -0.2) is 9.97 Å². The molecule has 0 aliphatic rings. The number of aromatic nitrogens is 1. The average molecular weight is 356 g/mol. The topological polar surface area (TPSA) is 50.9 Å². The van der Waals surface area contributed by atoms with Crippen molar-refractivity contribution >= 4 is 55.3 Å². The van der Waals surface area contributed by atoms with Crippen LogP contribution in [0.3, 0.4) is 0 Å². The number of thiazole rings is 1. The largest absolute Gasteiger partial charge is 0.389 e. The minimum atomic E-state index is 0.357. The summed E-state index contributed by atoms with van der Waals surface area (Å²) >= 11 is 10.1. The normalized spacial score (nSPS) is 10.7. The molecule has 0 aliphatic heterocycles. The molecule has 0 saturated heterocycles. The number of thiocarbonyl (C=S) groups is 1. The van der Waals surface area contributed by atoms with Gasteiger partial charge in [-0.15, -0.1) is 11.3 Å². The summed E-state index contributed by atoms with van der Waals surface area (Å²) in [5.74, 6) is 0.421. The van der Waals surface area contributed by atoms with E-state index in [1.165, 1.54) is 0 Å². The molecule has 2 aromatic rings. The molecule has 1 heterocycles. The Labute approximate surface area is 130 Å². The first-order valence-electron chi connectivity index (χ1n) is 5.79. The Bertz CT molecular complexity index is 608. The number of anilines is 2. The zero-order valence-electron chi connectivity index (χ0n) is 10.6. The van der Waals surface area contributed by atoms with Crippen molar-refractivity contribution in [1.82, 2.24) is 4.98 Å². The summed E-state index contributed by atoms with van der Waals surface area (Å²) in [5, 5.41) is 6.19. The Morgan fingerprint density at radius 1 is 1.47 bits per heavy atom. The molecule has 0 radical (unpaired) electrons. The number of hydrogen-bond acceptors (Lipinski definition) is 4. The first-order chi connectivity index (χ1) is 8.99. The van der Waals surface area contributed by atoms with Gasteiger partial charge >= 0.3 is 0 Å². The van der Waals surface area contributed by atoms with E-state index in [1.807, 2.05) is 18.2 Å². The molecule has 0 atom stereocenters. The van der Waals surface area contributed by atoms with Crippen molar-refractivity contribution in [1.29, 1.82) is 0 Å². The molecule has 0 fully saturated rings. The number of rotatable bonds is 4. The van der Waals surface area contributed by atoms with Crippen LogP contribution in [0.1, 0.15) is 31.0 Å². The summed E-state index contributed by atoms with van der Waals surface area (Å²) in [7, 11) is 0. The SMILES string of the molecule is CC(C)c1csc(Nc2cccc(Br)c2C(N)=S)n1. The maximum atomic E-state index is 5.77. The van der Waals surface area contributed by atoms with E-state index in [-0.39, 0.29) is 0 Å². The molecule has 3 N–H and O–H groups in total. The van der Waals surface area contributed by atoms with Crippen molar-refractivity contribution in [3.8, 4) is 0 Å². The Morgan fingerprint density at radius 3 is 2.79 bits per heavy atom. The van der Waals surface area contributed by atoms with E-state index < -0.39 is 0 Å². The third-order valence-corrected chi connectivity index (χ3v) is 4.26. The molecule has 0 bridgehead atoms. The van der Waals surface area contributed by atoms with Crippen molar-refractivity contribution in [3.05, 3.63) is 39.3 Å². The number of benzene rings is 1. The van der Waals surface area contributed by atoms with Gasteiger partial charge in [-0.05, 0) is 34.0 Å². The number of hydrogen-bond donors (Lipinski definition) is 2. The van der Waals surface area contributed by atoms with Gasteiger partial charge in [-0.1, -0.05) is 32.1 Å². The van der Waals surface area contributed by atoms with Crippen LogP contribution in [-0.2, 0) is 0 Å². The second kappa shape index (κ2) is 5.98.